The Bertz CT molecular complexity index is 344. The van der Waals surface area contributed by atoms with Crippen molar-refractivity contribution in [2.24, 2.45) is 5.73 Å². The van der Waals surface area contributed by atoms with E-state index in [0.29, 0.717) is 0 Å². The number of phenols is 1. The van der Waals surface area contributed by atoms with Crippen molar-refractivity contribution in [2.45, 2.75) is 12.5 Å². The number of rotatable bonds is 4. The third kappa shape index (κ3) is 2.37. The summed E-state index contributed by atoms with van der Waals surface area (Å²) < 4.78 is 18.4. The number of aromatic hydroxyl groups is 1. The summed E-state index contributed by atoms with van der Waals surface area (Å²) in [5, 5.41) is 19.0. The van der Waals surface area contributed by atoms with Gasteiger partial charge in [-0.3, -0.25) is 0 Å². The van der Waals surface area contributed by atoms with Gasteiger partial charge in [0.15, 0.2) is 11.6 Å². The van der Waals surface area contributed by atoms with Gasteiger partial charge in [-0.05, 0) is 25.1 Å². The summed E-state index contributed by atoms with van der Waals surface area (Å²) in [5.41, 5.74) is 5.08. The van der Waals surface area contributed by atoms with E-state index in [1.807, 2.05) is 0 Å². The summed E-state index contributed by atoms with van der Waals surface area (Å²) in [4.78, 5) is 0. The molecule has 4 N–H and O–H groups in total. The summed E-state index contributed by atoms with van der Waals surface area (Å²) in [6.45, 7) is 0.206. The lowest BCUT2D eigenvalue weighted by Gasteiger charge is -2.14. The predicted molar refractivity (Wildman–Crippen MR) is 53.2 cm³/mol. The molecule has 0 bridgehead atoms. The number of aliphatic hydroxyl groups excluding tert-OH is 1. The lowest BCUT2D eigenvalue weighted by Crippen LogP contribution is -2.09. The molecular formula is C10H14FNO3. The van der Waals surface area contributed by atoms with Gasteiger partial charge in [-0.15, -0.1) is 0 Å². The summed E-state index contributed by atoms with van der Waals surface area (Å²) in [6, 6.07) is 2.57. The Balaban J connectivity index is 3.14. The van der Waals surface area contributed by atoms with Gasteiger partial charge in [-0.2, -0.15) is 0 Å². The number of benzene rings is 1. The first-order valence-electron chi connectivity index (χ1n) is 4.55. The maximum atomic E-state index is 13.6. The van der Waals surface area contributed by atoms with Crippen molar-refractivity contribution in [3.05, 3.63) is 23.5 Å². The van der Waals surface area contributed by atoms with Crippen molar-refractivity contribution in [2.75, 3.05) is 13.7 Å². The fourth-order valence-corrected chi connectivity index (χ4v) is 1.34. The van der Waals surface area contributed by atoms with Crippen LogP contribution >= 0.6 is 0 Å². The van der Waals surface area contributed by atoms with Crippen LogP contribution in [0.4, 0.5) is 4.39 Å². The third-order valence-electron chi connectivity index (χ3n) is 2.11. The molecule has 0 aliphatic heterocycles. The van der Waals surface area contributed by atoms with Crippen LogP contribution in [0.15, 0.2) is 12.1 Å². The van der Waals surface area contributed by atoms with Gasteiger partial charge in [0, 0.05) is 0 Å². The lowest BCUT2D eigenvalue weighted by molar-refractivity contribution is 0.160. The highest BCUT2D eigenvalue weighted by atomic mass is 19.1. The Kier molecular flexibility index (Phi) is 3.88. The number of hydrogen-bond donors (Lipinski definition) is 3. The SMILES string of the molecule is COc1ccc(O)c(C(O)CCN)c1F. The van der Waals surface area contributed by atoms with Gasteiger partial charge in [-0.25, -0.2) is 4.39 Å². The van der Waals surface area contributed by atoms with E-state index < -0.39 is 11.9 Å². The van der Waals surface area contributed by atoms with Crippen molar-refractivity contribution in [3.63, 3.8) is 0 Å². The average molecular weight is 215 g/mol. The third-order valence-corrected chi connectivity index (χ3v) is 2.11. The molecule has 0 aromatic heterocycles. The van der Waals surface area contributed by atoms with E-state index in [2.05, 4.69) is 0 Å². The maximum absolute atomic E-state index is 13.6. The summed E-state index contributed by atoms with van der Waals surface area (Å²) in [5.74, 6) is -1.06. The molecule has 0 fully saturated rings. The van der Waals surface area contributed by atoms with Crippen molar-refractivity contribution in [1.29, 1.82) is 0 Å². The van der Waals surface area contributed by atoms with Gasteiger partial charge in [0.05, 0.1) is 18.8 Å². The average Bonchev–Trinajstić information content (AvgIpc) is 2.18. The zero-order valence-corrected chi connectivity index (χ0v) is 8.40. The first kappa shape index (κ1) is 11.7. The largest absolute Gasteiger partial charge is 0.507 e. The molecule has 15 heavy (non-hydrogen) atoms. The molecule has 0 radical (unpaired) electrons. The second kappa shape index (κ2) is 4.95. The topological polar surface area (TPSA) is 75.7 Å². The van der Waals surface area contributed by atoms with Gasteiger partial charge in [-0.1, -0.05) is 0 Å². The van der Waals surface area contributed by atoms with E-state index in [0.717, 1.165) is 0 Å². The summed E-state index contributed by atoms with van der Waals surface area (Å²) in [7, 11) is 1.31. The van der Waals surface area contributed by atoms with Crippen molar-refractivity contribution >= 4 is 0 Å². The van der Waals surface area contributed by atoms with Crippen LogP contribution in [0.5, 0.6) is 11.5 Å². The molecule has 0 aliphatic carbocycles. The second-order valence-corrected chi connectivity index (χ2v) is 3.11. The van der Waals surface area contributed by atoms with Gasteiger partial charge in [0.25, 0.3) is 0 Å². The Morgan fingerprint density at radius 3 is 2.73 bits per heavy atom. The van der Waals surface area contributed by atoms with E-state index >= 15 is 0 Å². The molecule has 0 spiro atoms. The number of methoxy groups -OCH3 is 1. The minimum atomic E-state index is -1.12. The molecular weight excluding hydrogens is 201 g/mol. The molecule has 1 atom stereocenters. The molecule has 84 valence electrons. The van der Waals surface area contributed by atoms with Gasteiger partial charge in [0.2, 0.25) is 0 Å². The number of phenolic OH excluding ortho intramolecular Hbond substituents is 1. The van der Waals surface area contributed by atoms with Crippen molar-refractivity contribution in [3.8, 4) is 11.5 Å². The van der Waals surface area contributed by atoms with Gasteiger partial charge < -0.3 is 20.7 Å². The normalized spacial score (nSPS) is 12.5. The molecule has 0 aliphatic rings. The molecule has 0 amide bonds. The van der Waals surface area contributed by atoms with E-state index in [-0.39, 0.29) is 30.0 Å². The van der Waals surface area contributed by atoms with Crippen LogP contribution in [-0.4, -0.2) is 23.9 Å². The highest BCUT2D eigenvalue weighted by Gasteiger charge is 2.20. The van der Waals surface area contributed by atoms with Crippen molar-refractivity contribution in [1.82, 2.24) is 0 Å². The molecule has 5 heteroatoms. The van der Waals surface area contributed by atoms with Crippen LogP contribution in [0.2, 0.25) is 0 Å². The monoisotopic (exact) mass is 215 g/mol. The first-order valence-corrected chi connectivity index (χ1v) is 4.55. The Hall–Kier alpha value is -1.33. The Morgan fingerprint density at radius 1 is 1.53 bits per heavy atom. The number of hydrogen-bond acceptors (Lipinski definition) is 4. The molecule has 1 unspecified atom stereocenters. The summed E-state index contributed by atoms with van der Waals surface area (Å²) in [6.07, 6.45) is -0.942. The summed E-state index contributed by atoms with van der Waals surface area (Å²) >= 11 is 0. The standard InChI is InChI=1S/C10H14FNO3/c1-15-8-3-2-6(13)9(10(8)11)7(14)4-5-12/h2-3,7,13-14H,4-5,12H2,1H3. The number of halogens is 1. The quantitative estimate of drug-likeness (QED) is 0.698. The van der Waals surface area contributed by atoms with E-state index in [1.54, 1.807) is 0 Å². The molecule has 0 saturated carbocycles. The molecule has 0 heterocycles. The fraction of sp³-hybridized carbons (Fsp3) is 0.400. The first-order chi connectivity index (χ1) is 7.11. The van der Waals surface area contributed by atoms with E-state index in [1.165, 1.54) is 19.2 Å². The number of nitrogens with two attached hydrogens (primary N) is 1. The predicted octanol–water partition coefficient (Wildman–Crippen LogP) is 0.922. The fourth-order valence-electron chi connectivity index (χ4n) is 1.34. The highest BCUT2D eigenvalue weighted by molar-refractivity contribution is 5.42. The van der Waals surface area contributed by atoms with Gasteiger partial charge >= 0.3 is 0 Å². The zero-order valence-electron chi connectivity index (χ0n) is 8.40. The smallest absolute Gasteiger partial charge is 0.174 e. The van der Waals surface area contributed by atoms with Crippen LogP contribution in [0.3, 0.4) is 0 Å². The lowest BCUT2D eigenvalue weighted by atomic mass is 10.0. The van der Waals surface area contributed by atoms with Crippen LogP contribution in [0, 0.1) is 5.82 Å². The second-order valence-electron chi connectivity index (χ2n) is 3.11. The van der Waals surface area contributed by atoms with Crippen LogP contribution in [0.25, 0.3) is 0 Å². The van der Waals surface area contributed by atoms with Gasteiger partial charge in [0.1, 0.15) is 5.75 Å². The molecule has 0 saturated heterocycles. The maximum Gasteiger partial charge on any atom is 0.174 e. The van der Waals surface area contributed by atoms with Crippen molar-refractivity contribution < 1.29 is 19.3 Å². The van der Waals surface area contributed by atoms with E-state index in [9.17, 15) is 14.6 Å². The minimum absolute atomic E-state index is 0.0149. The molecule has 1 rings (SSSR count). The number of aliphatic hydroxyl groups is 1. The zero-order chi connectivity index (χ0) is 11.4. The van der Waals surface area contributed by atoms with Crippen LogP contribution in [-0.2, 0) is 0 Å². The molecule has 1 aromatic rings. The minimum Gasteiger partial charge on any atom is -0.507 e. The Morgan fingerprint density at radius 2 is 2.20 bits per heavy atom. The Labute approximate surface area is 87.1 Å². The highest BCUT2D eigenvalue weighted by Crippen LogP contribution is 2.33. The van der Waals surface area contributed by atoms with Crippen LogP contribution in [0.1, 0.15) is 18.1 Å². The molecule has 4 nitrogen and oxygen atoms in total. The van der Waals surface area contributed by atoms with Crippen LogP contribution < -0.4 is 10.5 Å². The molecule has 1 aromatic carbocycles. The van der Waals surface area contributed by atoms with E-state index in [4.69, 9.17) is 10.5 Å². The number of ether oxygens (including phenoxy) is 1.